The van der Waals surface area contributed by atoms with Gasteiger partial charge in [-0.25, -0.2) is 4.79 Å². The third kappa shape index (κ3) is 5.20. The summed E-state index contributed by atoms with van der Waals surface area (Å²) in [4.78, 5) is 11.7. The van der Waals surface area contributed by atoms with Gasteiger partial charge in [-0.05, 0) is 42.9 Å². The van der Waals surface area contributed by atoms with Gasteiger partial charge in [0.05, 0.1) is 6.61 Å². The average molecular weight is 286 g/mol. The fourth-order valence-electron chi connectivity index (χ4n) is 2.38. The normalized spacial score (nSPS) is 16.6. The van der Waals surface area contributed by atoms with E-state index in [9.17, 15) is 4.79 Å². The Bertz CT molecular complexity index is 515. The first-order valence-corrected chi connectivity index (χ1v) is 7.50. The summed E-state index contributed by atoms with van der Waals surface area (Å²) in [5.74, 6) is -0.282. The second kappa shape index (κ2) is 8.42. The van der Waals surface area contributed by atoms with Crippen LogP contribution in [0.15, 0.2) is 48.1 Å². The number of carbonyl (C=O) groups excluding carboxylic acids is 1. The topological polar surface area (TPSA) is 35.5 Å². The molecule has 0 radical (unpaired) electrons. The summed E-state index contributed by atoms with van der Waals surface area (Å²) >= 11 is 0. The van der Waals surface area contributed by atoms with Crippen LogP contribution >= 0.6 is 0 Å². The van der Waals surface area contributed by atoms with Crippen molar-refractivity contribution in [1.29, 1.82) is 0 Å². The van der Waals surface area contributed by atoms with Crippen molar-refractivity contribution in [2.24, 2.45) is 0 Å². The summed E-state index contributed by atoms with van der Waals surface area (Å²) in [5.41, 5.74) is 3.56. The van der Waals surface area contributed by atoms with Crippen molar-refractivity contribution in [3.63, 3.8) is 0 Å². The Morgan fingerprint density at radius 3 is 2.76 bits per heavy atom. The lowest BCUT2D eigenvalue weighted by atomic mass is 9.90. The number of rotatable bonds is 6. The molecule has 0 spiro atoms. The van der Waals surface area contributed by atoms with Crippen LogP contribution in [0.25, 0.3) is 5.57 Å². The summed E-state index contributed by atoms with van der Waals surface area (Å²) in [6.07, 6.45) is 6.77. The second-order valence-corrected chi connectivity index (χ2v) is 4.97. The summed E-state index contributed by atoms with van der Waals surface area (Å²) in [5, 5.41) is 0. The van der Waals surface area contributed by atoms with E-state index in [4.69, 9.17) is 9.47 Å². The van der Waals surface area contributed by atoms with Crippen molar-refractivity contribution < 1.29 is 14.3 Å². The molecule has 0 N–H and O–H groups in total. The first-order chi connectivity index (χ1) is 10.3. The molecule has 1 aromatic rings. The molecule has 3 heteroatoms. The van der Waals surface area contributed by atoms with Gasteiger partial charge >= 0.3 is 5.97 Å². The number of ether oxygens (including phenoxy) is 2. The molecular weight excluding hydrogens is 264 g/mol. The summed E-state index contributed by atoms with van der Waals surface area (Å²) < 4.78 is 10.3. The van der Waals surface area contributed by atoms with Crippen LogP contribution in [-0.4, -0.2) is 25.8 Å². The molecule has 0 saturated carbocycles. The van der Waals surface area contributed by atoms with Gasteiger partial charge in [-0.3, -0.25) is 0 Å². The van der Waals surface area contributed by atoms with Crippen LogP contribution in [0.3, 0.4) is 0 Å². The zero-order valence-electron chi connectivity index (χ0n) is 12.5. The Morgan fingerprint density at radius 1 is 1.19 bits per heavy atom. The third-order valence-corrected chi connectivity index (χ3v) is 3.40. The van der Waals surface area contributed by atoms with Crippen molar-refractivity contribution in [1.82, 2.24) is 0 Å². The molecule has 112 valence electrons. The zero-order chi connectivity index (χ0) is 14.9. The highest BCUT2D eigenvalue weighted by Gasteiger charge is 2.10. The Morgan fingerprint density at radius 2 is 2.00 bits per heavy atom. The van der Waals surface area contributed by atoms with Gasteiger partial charge in [0.15, 0.2) is 0 Å². The monoisotopic (exact) mass is 286 g/mol. The SMILES string of the molecule is CCOCCOC(=O)/C=C1/C=C(c2ccccc2)CCC1. The van der Waals surface area contributed by atoms with E-state index in [1.165, 1.54) is 11.1 Å². The molecule has 0 bridgehead atoms. The molecule has 2 rings (SSSR count). The molecule has 0 amide bonds. The lowest BCUT2D eigenvalue weighted by molar-refractivity contribution is -0.139. The molecule has 21 heavy (non-hydrogen) atoms. The molecule has 1 aromatic carbocycles. The molecule has 0 fully saturated rings. The minimum absolute atomic E-state index is 0.282. The maximum atomic E-state index is 11.7. The quantitative estimate of drug-likeness (QED) is 0.454. The Balaban J connectivity index is 1.96. The van der Waals surface area contributed by atoms with Crippen molar-refractivity contribution in [2.45, 2.75) is 26.2 Å². The van der Waals surface area contributed by atoms with Crippen LogP contribution in [0.5, 0.6) is 0 Å². The molecule has 0 unspecified atom stereocenters. The second-order valence-electron chi connectivity index (χ2n) is 4.97. The molecule has 3 nitrogen and oxygen atoms in total. The van der Waals surface area contributed by atoms with Gasteiger partial charge in [0, 0.05) is 12.7 Å². The molecule has 0 atom stereocenters. The van der Waals surface area contributed by atoms with Gasteiger partial charge < -0.3 is 9.47 Å². The molecule has 1 aliphatic rings. The smallest absolute Gasteiger partial charge is 0.331 e. The Labute approximate surface area is 126 Å². The zero-order valence-corrected chi connectivity index (χ0v) is 12.5. The van der Waals surface area contributed by atoms with E-state index >= 15 is 0 Å². The molecule has 0 saturated heterocycles. The first-order valence-electron chi connectivity index (χ1n) is 7.50. The lowest BCUT2D eigenvalue weighted by Crippen LogP contribution is -2.09. The van der Waals surface area contributed by atoms with Crippen molar-refractivity contribution in [3.05, 3.63) is 53.6 Å². The summed E-state index contributed by atoms with van der Waals surface area (Å²) in [6.45, 7) is 3.33. The predicted molar refractivity (Wildman–Crippen MR) is 83.8 cm³/mol. The van der Waals surface area contributed by atoms with Gasteiger partial charge in [-0.15, -0.1) is 0 Å². The van der Waals surface area contributed by atoms with Crippen LogP contribution in [0, 0.1) is 0 Å². The highest BCUT2D eigenvalue weighted by atomic mass is 16.6. The Hall–Kier alpha value is -1.87. The molecule has 0 heterocycles. The number of carbonyl (C=O) groups is 1. The van der Waals surface area contributed by atoms with E-state index in [-0.39, 0.29) is 5.97 Å². The number of hydrogen-bond acceptors (Lipinski definition) is 3. The van der Waals surface area contributed by atoms with Gasteiger partial charge in [0.25, 0.3) is 0 Å². The molecule has 0 aromatic heterocycles. The minimum atomic E-state index is -0.282. The van der Waals surface area contributed by atoms with Crippen molar-refractivity contribution in [3.8, 4) is 0 Å². The van der Waals surface area contributed by atoms with Gasteiger partial charge in [0.2, 0.25) is 0 Å². The van der Waals surface area contributed by atoms with E-state index in [0.717, 1.165) is 24.8 Å². The van der Waals surface area contributed by atoms with Crippen LogP contribution in [0.2, 0.25) is 0 Å². The first kappa shape index (κ1) is 15.5. The van der Waals surface area contributed by atoms with E-state index in [0.29, 0.717) is 19.8 Å². The molecular formula is C18H22O3. The van der Waals surface area contributed by atoms with E-state index in [1.54, 1.807) is 6.08 Å². The largest absolute Gasteiger partial charge is 0.460 e. The van der Waals surface area contributed by atoms with Crippen molar-refractivity contribution in [2.75, 3.05) is 19.8 Å². The van der Waals surface area contributed by atoms with Gasteiger partial charge in [0.1, 0.15) is 6.61 Å². The molecule has 1 aliphatic carbocycles. The average Bonchev–Trinajstić information content (AvgIpc) is 2.53. The number of esters is 1. The van der Waals surface area contributed by atoms with Gasteiger partial charge in [-0.2, -0.15) is 0 Å². The fourth-order valence-corrected chi connectivity index (χ4v) is 2.38. The van der Waals surface area contributed by atoms with E-state index in [1.807, 2.05) is 25.1 Å². The minimum Gasteiger partial charge on any atom is -0.460 e. The third-order valence-electron chi connectivity index (χ3n) is 3.40. The summed E-state index contributed by atoms with van der Waals surface area (Å²) in [7, 11) is 0. The Kier molecular flexibility index (Phi) is 6.22. The van der Waals surface area contributed by atoms with Crippen LogP contribution in [-0.2, 0) is 14.3 Å². The maximum absolute atomic E-state index is 11.7. The fraction of sp³-hybridized carbons (Fsp3) is 0.389. The van der Waals surface area contributed by atoms with Crippen LogP contribution in [0.4, 0.5) is 0 Å². The van der Waals surface area contributed by atoms with E-state index in [2.05, 4.69) is 18.2 Å². The number of allylic oxidation sites excluding steroid dienone is 3. The standard InChI is InChI=1S/C18H22O3/c1-2-20-11-12-21-18(19)14-15-7-6-10-17(13-15)16-8-4-3-5-9-16/h3-5,8-9,13-14H,2,6-7,10-12H2,1H3/b15-14+. The molecule has 0 aliphatic heterocycles. The summed E-state index contributed by atoms with van der Waals surface area (Å²) in [6, 6.07) is 10.3. The van der Waals surface area contributed by atoms with E-state index < -0.39 is 0 Å². The van der Waals surface area contributed by atoms with Crippen molar-refractivity contribution >= 4 is 11.5 Å². The highest BCUT2D eigenvalue weighted by molar-refractivity contribution is 5.84. The van der Waals surface area contributed by atoms with Crippen LogP contribution < -0.4 is 0 Å². The highest BCUT2D eigenvalue weighted by Crippen LogP contribution is 2.29. The number of hydrogen-bond donors (Lipinski definition) is 0. The maximum Gasteiger partial charge on any atom is 0.331 e. The predicted octanol–water partition coefficient (Wildman–Crippen LogP) is 3.76. The lowest BCUT2D eigenvalue weighted by Gasteiger charge is -2.15. The number of benzene rings is 1. The van der Waals surface area contributed by atoms with Crippen LogP contribution in [0.1, 0.15) is 31.7 Å². The van der Waals surface area contributed by atoms with Gasteiger partial charge in [-0.1, -0.05) is 36.4 Å².